The largest absolute Gasteiger partial charge is 0.379 e. The molecule has 9 heteroatoms. The zero-order valence-corrected chi connectivity index (χ0v) is 19.6. The van der Waals surface area contributed by atoms with Gasteiger partial charge in [-0.3, -0.25) is 4.90 Å². The fourth-order valence-electron chi connectivity index (χ4n) is 4.16. The molecule has 33 heavy (non-hydrogen) atoms. The summed E-state index contributed by atoms with van der Waals surface area (Å²) in [5.74, 6) is 0.556. The van der Waals surface area contributed by atoms with Crippen LogP contribution < -0.4 is 0 Å². The third-order valence-corrected chi connectivity index (χ3v) is 7.72. The number of benzene rings is 2. The van der Waals surface area contributed by atoms with E-state index in [0.717, 1.165) is 11.3 Å². The van der Waals surface area contributed by atoms with E-state index in [1.54, 1.807) is 30.3 Å². The first-order chi connectivity index (χ1) is 15.9. The van der Waals surface area contributed by atoms with Crippen molar-refractivity contribution in [3.63, 3.8) is 0 Å². The summed E-state index contributed by atoms with van der Waals surface area (Å²) in [7, 11) is -3.60. The van der Waals surface area contributed by atoms with Gasteiger partial charge in [-0.15, -0.1) is 6.58 Å². The first kappa shape index (κ1) is 23.6. The molecule has 0 saturated carbocycles. The molecule has 2 aromatic carbocycles. The average Bonchev–Trinajstić information content (AvgIpc) is 3.17. The Bertz CT molecular complexity index is 1240. The van der Waals surface area contributed by atoms with Crippen LogP contribution in [0.25, 0.3) is 11.0 Å². The maximum atomic E-state index is 14.2. The van der Waals surface area contributed by atoms with Gasteiger partial charge in [-0.05, 0) is 31.2 Å². The van der Waals surface area contributed by atoms with E-state index in [1.807, 2.05) is 19.1 Å². The Labute approximate surface area is 194 Å². The Kier molecular flexibility index (Phi) is 7.23. The minimum atomic E-state index is -3.60. The third-order valence-electron chi connectivity index (χ3n) is 5.83. The van der Waals surface area contributed by atoms with Gasteiger partial charge < -0.3 is 9.30 Å². The molecule has 1 aromatic heterocycles. The number of aromatic nitrogens is 2. The monoisotopic (exact) mass is 472 g/mol. The van der Waals surface area contributed by atoms with Crippen LogP contribution in [0, 0.1) is 5.82 Å². The van der Waals surface area contributed by atoms with Gasteiger partial charge in [-0.2, -0.15) is 4.31 Å². The normalized spacial score (nSPS) is 15.4. The van der Waals surface area contributed by atoms with Crippen LogP contribution in [0.4, 0.5) is 4.39 Å². The minimum Gasteiger partial charge on any atom is -0.379 e. The van der Waals surface area contributed by atoms with Crippen LogP contribution in [-0.2, 0) is 34.4 Å². The van der Waals surface area contributed by atoms with Crippen LogP contribution in [-0.4, -0.2) is 60.0 Å². The Hall–Kier alpha value is -2.59. The summed E-state index contributed by atoms with van der Waals surface area (Å²) in [6.45, 7) is 9.51. The lowest BCUT2D eigenvalue weighted by molar-refractivity contribution is 0.0730. The van der Waals surface area contributed by atoms with Gasteiger partial charge in [0.05, 0.1) is 35.7 Å². The summed E-state index contributed by atoms with van der Waals surface area (Å²) in [5.41, 5.74) is 2.11. The highest BCUT2D eigenvalue weighted by Gasteiger charge is 2.27. The summed E-state index contributed by atoms with van der Waals surface area (Å²) in [6.07, 6.45) is 1.78. The Morgan fingerprint density at radius 2 is 1.94 bits per heavy atom. The Morgan fingerprint density at radius 3 is 2.64 bits per heavy atom. The summed E-state index contributed by atoms with van der Waals surface area (Å²) < 4.78 is 49.2. The van der Waals surface area contributed by atoms with Crippen molar-refractivity contribution in [3.05, 3.63) is 72.3 Å². The second kappa shape index (κ2) is 10.1. The van der Waals surface area contributed by atoms with E-state index in [4.69, 9.17) is 9.72 Å². The standard InChI is InChI=1S/C24H29FN4O3S/c1-3-11-27(17-19-7-5-6-8-21(19)25)18-24-26-22-16-20(9-10-23(22)29(24)4-2)33(30,31)28-12-14-32-15-13-28/h3,5-10,16H,1,4,11-15,17-18H2,2H3. The Morgan fingerprint density at radius 1 is 1.18 bits per heavy atom. The molecule has 176 valence electrons. The zero-order valence-electron chi connectivity index (χ0n) is 18.8. The molecule has 4 rings (SSSR count). The number of rotatable bonds is 9. The zero-order chi connectivity index (χ0) is 23.4. The van der Waals surface area contributed by atoms with Crippen molar-refractivity contribution < 1.29 is 17.5 Å². The second-order valence-corrected chi connectivity index (χ2v) is 9.93. The van der Waals surface area contributed by atoms with Gasteiger partial charge in [0, 0.05) is 38.3 Å². The molecular formula is C24H29FN4O3S. The van der Waals surface area contributed by atoms with E-state index >= 15 is 0 Å². The first-order valence-electron chi connectivity index (χ1n) is 11.1. The topological polar surface area (TPSA) is 67.7 Å². The SMILES string of the molecule is C=CCN(Cc1ccccc1F)Cc1nc2cc(S(=O)(=O)N3CCOCC3)ccc2n1CC. The van der Waals surface area contributed by atoms with E-state index in [0.29, 0.717) is 63.6 Å². The highest BCUT2D eigenvalue weighted by Crippen LogP contribution is 2.24. The molecule has 0 spiro atoms. The fraction of sp³-hybridized carbons (Fsp3) is 0.375. The van der Waals surface area contributed by atoms with E-state index < -0.39 is 10.0 Å². The molecule has 1 aliphatic heterocycles. The number of hydrogen-bond acceptors (Lipinski definition) is 5. The van der Waals surface area contributed by atoms with Gasteiger partial charge in [0.15, 0.2) is 0 Å². The van der Waals surface area contributed by atoms with Crippen LogP contribution in [0.5, 0.6) is 0 Å². The van der Waals surface area contributed by atoms with Crippen molar-refractivity contribution >= 4 is 21.1 Å². The van der Waals surface area contributed by atoms with E-state index in [1.165, 1.54) is 10.4 Å². The lowest BCUT2D eigenvalue weighted by Gasteiger charge is -2.26. The van der Waals surface area contributed by atoms with Gasteiger partial charge in [0.2, 0.25) is 10.0 Å². The molecule has 0 bridgehead atoms. The molecule has 0 aliphatic carbocycles. The first-order valence-corrected chi connectivity index (χ1v) is 12.5. The highest BCUT2D eigenvalue weighted by atomic mass is 32.2. The minimum absolute atomic E-state index is 0.235. The Balaban J connectivity index is 1.64. The van der Waals surface area contributed by atoms with E-state index in [-0.39, 0.29) is 10.7 Å². The number of hydrogen-bond donors (Lipinski definition) is 0. The molecule has 0 amide bonds. The van der Waals surface area contributed by atoms with Crippen LogP contribution in [0.1, 0.15) is 18.3 Å². The lowest BCUT2D eigenvalue weighted by Crippen LogP contribution is -2.40. The van der Waals surface area contributed by atoms with Gasteiger partial charge in [0.25, 0.3) is 0 Å². The number of fused-ring (bicyclic) bond motifs is 1. The van der Waals surface area contributed by atoms with Crippen molar-refractivity contribution in [1.82, 2.24) is 18.8 Å². The molecule has 0 atom stereocenters. The quantitative estimate of drug-likeness (QED) is 0.447. The number of imidazole rings is 1. The number of sulfonamides is 1. The van der Waals surface area contributed by atoms with Gasteiger partial charge in [-0.1, -0.05) is 24.3 Å². The van der Waals surface area contributed by atoms with Crippen molar-refractivity contribution in [2.75, 3.05) is 32.8 Å². The number of nitrogens with zero attached hydrogens (tertiary/aromatic N) is 4. The molecule has 3 aromatic rings. The summed E-state index contributed by atoms with van der Waals surface area (Å²) in [4.78, 5) is 7.07. The molecule has 2 heterocycles. The lowest BCUT2D eigenvalue weighted by atomic mass is 10.2. The molecule has 0 unspecified atom stereocenters. The third kappa shape index (κ3) is 5.01. The molecule has 1 aliphatic rings. The summed E-state index contributed by atoms with van der Waals surface area (Å²) in [6, 6.07) is 11.8. The maximum Gasteiger partial charge on any atom is 0.243 e. The van der Waals surface area contributed by atoms with Crippen molar-refractivity contribution in [2.45, 2.75) is 31.5 Å². The van der Waals surface area contributed by atoms with Crippen LogP contribution in [0.3, 0.4) is 0 Å². The maximum absolute atomic E-state index is 14.2. The van der Waals surface area contributed by atoms with Crippen LogP contribution >= 0.6 is 0 Å². The summed E-state index contributed by atoms with van der Waals surface area (Å²) >= 11 is 0. The van der Waals surface area contributed by atoms with Crippen molar-refractivity contribution in [1.29, 1.82) is 0 Å². The number of ether oxygens (including phenoxy) is 1. The smallest absolute Gasteiger partial charge is 0.243 e. The molecule has 0 radical (unpaired) electrons. The van der Waals surface area contributed by atoms with Gasteiger partial charge >= 0.3 is 0 Å². The number of aryl methyl sites for hydroxylation is 1. The number of morpholine rings is 1. The summed E-state index contributed by atoms with van der Waals surface area (Å²) in [5, 5.41) is 0. The molecule has 0 N–H and O–H groups in total. The molecule has 1 fully saturated rings. The highest BCUT2D eigenvalue weighted by molar-refractivity contribution is 7.89. The van der Waals surface area contributed by atoms with Crippen LogP contribution in [0.15, 0.2) is 60.0 Å². The second-order valence-electron chi connectivity index (χ2n) is 7.99. The molecular weight excluding hydrogens is 443 g/mol. The van der Waals surface area contributed by atoms with E-state index in [9.17, 15) is 12.8 Å². The van der Waals surface area contributed by atoms with Crippen molar-refractivity contribution in [3.8, 4) is 0 Å². The van der Waals surface area contributed by atoms with Gasteiger partial charge in [0.1, 0.15) is 11.6 Å². The van der Waals surface area contributed by atoms with Crippen molar-refractivity contribution in [2.24, 2.45) is 0 Å². The predicted octanol–water partition coefficient (Wildman–Crippen LogP) is 3.40. The average molecular weight is 473 g/mol. The number of halogens is 1. The molecule has 1 saturated heterocycles. The fourth-order valence-corrected chi connectivity index (χ4v) is 5.59. The van der Waals surface area contributed by atoms with E-state index in [2.05, 4.69) is 16.0 Å². The predicted molar refractivity (Wildman–Crippen MR) is 126 cm³/mol. The van der Waals surface area contributed by atoms with Gasteiger partial charge in [-0.25, -0.2) is 17.8 Å². The van der Waals surface area contributed by atoms with Crippen LogP contribution in [0.2, 0.25) is 0 Å². The molecule has 7 nitrogen and oxygen atoms in total.